The number of hydrogen-bond donors (Lipinski definition) is 2. The number of ether oxygens (including phenoxy) is 1. The number of rotatable bonds is 26. The zero-order valence-corrected chi connectivity index (χ0v) is 55.5. The lowest BCUT2D eigenvalue weighted by Crippen LogP contribution is -2.57. The second-order valence-electron chi connectivity index (χ2n) is 27.9. The lowest BCUT2D eigenvalue weighted by molar-refractivity contribution is -0.143. The molecule has 5 fully saturated rings. The molecule has 15 nitrogen and oxygen atoms in total. The van der Waals surface area contributed by atoms with E-state index in [-0.39, 0.29) is 84.6 Å². The number of benzene rings is 2. The number of aliphatic imine (C=N–C) groups is 2. The first kappa shape index (κ1) is 70.7. The molecule has 8 rings (SSSR count). The van der Waals surface area contributed by atoms with E-state index in [4.69, 9.17) is 4.74 Å². The Kier molecular flexibility index (Phi) is 26.0. The molecular weight excluding hydrogens is 1100 g/mol. The number of amides is 4. The van der Waals surface area contributed by atoms with Crippen LogP contribution in [0.15, 0.2) is 82.8 Å². The summed E-state index contributed by atoms with van der Waals surface area (Å²) < 4.78 is 5.80. The van der Waals surface area contributed by atoms with Crippen molar-refractivity contribution in [1.82, 2.24) is 20.4 Å². The van der Waals surface area contributed by atoms with Crippen LogP contribution in [0.25, 0.3) is 11.1 Å². The average Bonchev–Trinajstić information content (AvgIpc) is 1.82. The number of fused-ring (bicyclic) bond motifs is 3. The summed E-state index contributed by atoms with van der Waals surface area (Å²) >= 11 is 0. The summed E-state index contributed by atoms with van der Waals surface area (Å²) in [6, 6.07) is 13.3. The highest BCUT2D eigenvalue weighted by atomic mass is 16.5. The molecule has 6 aliphatic rings. The molecule has 88 heavy (non-hydrogen) atoms. The van der Waals surface area contributed by atoms with E-state index in [0.717, 1.165) is 97.6 Å². The minimum atomic E-state index is -0.932. The van der Waals surface area contributed by atoms with Gasteiger partial charge in [0.05, 0.1) is 23.5 Å². The molecule has 2 saturated heterocycles. The van der Waals surface area contributed by atoms with Gasteiger partial charge in [0.2, 0.25) is 17.7 Å². The van der Waals surface area contributed by atoms with E-state index < -0.39 is 41.1 Å². The molecule has 4 amide bonds. The smallest absolute Gasteiger partial charge is 0.407 e. The number of Topliss-reactive ketones (excluding diaryl/α,β-unsaturated/α-hetero) is 4. The fourth-order valence-corrected chi connectivity index (χ4v) is 13.5. The summed E-state index contributed by atoms with van der Waals surface area (Å²) in [5.74, 6) is -0.0835. The van der Waals surface area contributed by atoms with Crippen LogP contribution in [0.2, 0.25) is 0 Å². The Balaban J connectivity index is 0.000000278. The lowest BCUT2D eigenvalue weighted by Gasteiger charge is -2.36. The van der Waals surface area contributed by atoms with Crippen molar-refractivity contribution in [2.45, 2.75) is 228 Å². The molecule has 15 heteroatoms. The van der Waals surface area contributed by atoms with Gasteiger partial charge in [0.25, 0.3) is 0 Å². The Hall–Kier alpha value is -6.38. The van der Waals surface area contributed by atoms with Crippen LogP contribution in [0.3, 0.4) is 0 Å². The monoisotopic (exact) mass is 1210 g/mol. The SMILES string of the molecule is C=C1C[C@@H](C(=O)C[C@@H](CCC)C(=NC)C(=O)CC2CC2)N(C(=O)[C@@H](NC(=O)CC2CCCCC2)C(C)(C)C)C1.C=C1C[C@@H](C(=O)C[C@@H](CCC)C(=NC)C(=O)CC2CC2)N(C(=O)[C@@H](NC(=O)OCC2c3ccccc3-c3ccccc32)C(C)(C)C)C1.CC. The van der Waals surface area contributed by atoms with Gasteiger partial charge < -0.3 is 25.2 Å². The van der Waals surface area contributed by atoms with Crippen LogP contribution in [0, 0.1) is 40.4 Å². The van der Waals surface area contributed by atoms with E-state index in [9.17, 15) is 38.4 Å². The quantitative estimate of drug-likeness (QED) is 0.0679. The van der Waals surface area contributed by atoms with Crippen LogP contribution < -0.4 is 10.6 Å². The molecule has 0 radical (unpaired) electrons. The van der Waals surface area contributed by atoms with Gasteiger partial charge in [-0.3, -0.25) is 43.5 Å². The highest BCUT2D eigenvalue weighted by Gasteiger charge is 2.46. The third kappa shape index (κ3) is 19.1. The summed E-state index contributed by atoms with van der Waals surface area (Å²) in [5.41, 5.74) is 5.94. The molecule has 3 saturated carbocycles. The largest absolute Gasteiger partial charge is 0.449 e. The third-order valence-electron chi connectivity index (χ3n) is 18.5. The van der Waals surface area contributed by atoms with Gasteiger partial charge in [-0.1, -0.05) is 174 Å². The van der Waals surface area contributed by atoms with E-state index in [2.05, 4.69) is 58.0 Å². The fourth-order valence-electron chi connectivity index (χ4n) is 13.5. The first-order chi connectivity index (χ1) is 41.9. The van der Waals surface area contributed by atoms with Crippen molar-refractivity contribution >= 4 is 58.4 Å². The second kappa shape index (κ2) is 32.4. The zero-order valence-electron chi connectivity index (χ0n) is 55.5. The number of carbonyl (C=O) groups is 8. The topological polar surface area (TPSA) is 201 Å². The maximum atomic E-state index is 14.2. The number of likely N-dealkylation sites (tertiary alicyclic amines) is 2. The first-order valence-electron chi connectivity index (χ1n) is 33.3. The number of carbonyl (C=O) groups excluding carboxylic acids is 8. The zero-order chi connectivity index (χ0) is 64.6. The van der Waals surface area contributed by atoms with Crippen LogP contribution in [0.4, 0.5) is 4.79 Å². The number of ketones is 4. The molecule has 2 aliphatic heterocycles. The number of nitrogens with one attached hydrogen (secondary N) is 2. The molecule has 2 aromatic carbocycles. The maximum Gasteiger partial charge on any atom is 0.407 e. The van der Waals surface area contributed by atoms with Crippen molar-refractivity contribution in [1.29, 1.82) is 0 Å². The standard InChI is InChI=1S/C39H49N3O5.C32H51N3O4.C2H6/c1-7-12-26(35(40-6)34(44)20-25-17-18-25)21-33(43)32-19-24(2)22-42(32)37(45)36(39(3,4)5)41-38(46)47-23-31-29-15-10-8-13-27(29)28-14-9-11-16-30(28)31;1-7-11-24(29(33-6)27(37)17-23-14-15-23)19-26(36)25-16-21(2)20-35(25)31(39)30(32(3,4)5)34-28(38)18-22-12-9-8-10-13-22;1-2/h8-11,13-16,25-26,31-32,36H,2,7,12,17-23H2,1,3-6H3,(H,41,46);22-25,30H,2,7-20H2,1,3-6H3,(H,34,38);1-2H3/t26-,32+,36-;24-,25+,30-;/m11./s1. The number of hydrogen-bond acceptors (Lipinski definition) is 11. The van der Waals surface area contributed by atoms with Gasteiger partial charge in [-0.2, -0.15) is 0 Å². The van der Waals surface area contributed by atoms with E-state index in [0.29, 0.717) is 80.7 Å². The summed E-state index contributed by atoms with van der Waals surface area (Å²) in [7, 11) is 3.27. The van der Waals surface area contributed by atoms with Crippen molar-refractivity contribution in [2.75, 3.05) is 33.8 Å². The van der Waals surface area contributed by atoms with Crippen molar-refractivity contribution in [3.8, 4) is 11.1 Å². The third-order valence-corrected chi connectivity index (χ3v) is 18.5. The van der Waals surface area contributed by atoms with Gasteiger partial charge in [-0.25, -0.2) is 4.79 Å². The van der Waals surface area contributed by atoms with Crippen molar-refractivity contribution in [3.63, 3.8) is 0 Å². The second-order valence-corrected chi connectivity index (χ2v) is 27.9. The maximum absolute atomic E-state index is 14.2. The van der Waals surface area contributed by atoms with Gasteiger partial charge in [0.1, 0.15) is 18.7 Å². The predicted octanol–water partition coefficient (Wildman–Crippen LogP) is 13.4. The Morgan fingerprint density at radius 2 is 0.977 bits per heavy atom. The van der Waals surface area contributed by atoms with Crippen LogP contribution >= 0.6 is 0 Å². The molecule has 0 spiro atoms. The van der Waals surface area contributed by atoms with Crippen molar-refractivity contribution in [2.24, 2.45) is 50.4 Å². The van der Waals surface area contributed by atoms with Crippen LogP contribution in [-0.4, -0.2) is 126 Å². The molecule has 6 atom stereocenters. The fraction of sp³-hybridized carbons (Fsp3) is 0.644. The molecule has 0 bridgehead atoms. The Labute approximate surface area is 526 Å². The summed E-state index contributed by atoms with van der Waals surface area (Å²) in [5, 5.41) is 5.90. The first-order valence-corrected chi connectivity index (χ1v) is 33.3. The number of alkyl carbamates (subject to hydrolysis) is 1. The molecule has 2 N–H and O–H groups in total. The molecule has 0 unspecified atom stereocenters. The van der Waals surface area contributed by atoms with E-state index in [1.165, 1.54) is 6.42 Å². The number of nitrogens with zero attached hydrogens (tertiary/aromatic N) is 4. The minimum Gasteiger partial charge on any atom is -0.449 e. The molecule has 2 heterocycles. The van der Waals surface area contributed by atoms with E-state index >= 15 is 0 Å². The Morgan fingerprint density at radius 3 is 1.36 bits per heavy atom. The molecular formula is C73H106N6O9. The van der Waals surface area contributed by atoms with Crippen LogP contribution in [0.5, 0.6) is 0 Å². The van der Waals surface area contributed by atoms with Gasteiger partial charge in [-0.05, 0) is 115 Å². The van der Waals surface area contributed by atoms with Gasteiger partial charge in [0, 0.05) is 77.0 Å². The Bertz CT molecular complexity index is 2850. The van der Waals surface area contributed by atoms with Crippen LogP contribution in [-0.2, 0) is 38.3 Å². The summed E-state index contributed by atoms with van der Waals surface area (Å²) in [6.07, 6.45) is 14.9. The Morgan fingerprint density at radius 1 is 0.580 bits per heavy atom. The average molecular weight is 1210 g/mol. The predicted molar refractivity (Wildman–Crippen MR) is 351 cm³/mol. The summed E-state index contributed by atoms with van der Waals surface area (Å²) in [4.78, 5) is 120. The molecule has 4 aliphatic carbocycles. The summed E-state index contributed by atoms with van der Waals surface area (Å²) in [6.45, 7) is 28.5. The van der Waals surface area contributed by atoms with Gasteiger partial charge in [-0.15, -0.1) is 0 Å². The molecule has 0 aromatic heterocycles. The van der Waals surface area contributed by atoms with Gasteiger partial charge in [0.15, 0.2) is 23.1 Å². The van der Waals surface area contributed by atoms with Gasteiger partial charge >= 0.3 is 6.09 Å². The highest BCUT2D eigenvalue weighted by molar-refractivity contribution is 6.41. The highest BCUT2D eigenvalue weighted by Crippen LogP contribution is 2.45. The van der Waals surface area contributed by atoms with E-state index in [1.807, 2.05) is 93.5 Å². The minimum absolute atomic E-state index is 0.0325. The molecule has 482 valence electrons. The normalized spacial score (nSPS) is 20.3. The molecule has 2 aromatic rings. The van der Waals surface area contributed by atoms with E-state index in [1.54, 1.807) is 23.9 Å². The lowest BCUT2D eigenvalue weighted by atomic mass is 9.83. The van der Waals surface area contributed by atoms with Crippen LogP contribution in [0.1, 0.15) is 215 Å². The van der Waals surface area contributed by atoms with Crippen molar-refractivity contribution < 1.29 is 43.1 Å². The van der Waals surface area contributed by atoms with Crippen molar-refractivity contribution in [3.05, 3.63) is 84.0 Å².